The molecule has 2 rings (SSSR count). The van der Waals surface area contributed by atoms with Gasteiger partial charge in [-0.1, -0.05) is 0 Å². The predicted molar refractivity (Wildman–Crippen MR) is 52.3 cm³/mol. The lowest BCUT2D eigenvalue weighted by Crippen LogP contribution is -2.19. The Morgan fingerprint density at radius 2 is 2.53 bits per heavy atom. The Balaban J connectivity index is 1.67. The summed E-state index contributed by atoms with van der Waals surface area (Å²) in [6, 6.07) is 3.62. The lowest BCUT2D eigenvalue weighted by Gasteiger charge is -2.06. The van der Waals surface area contributed by atoms with Gasteiger partial charge in [-0.25, -0.2) is 0 Å². The maximum Gasteiger partial charge on any atom is 0.163 e. The topological polar surface area (TPSA) is 48.7 Å². The van der Waals surface area contributed by atoms with E-state index in [0.29, 0.717) is 19.8 Å². The van der Waals surface area contributed by atoms with Gasteiger partial charge in [0.05, 0.1) is 12.9 Å². The minimum Gasteiger partial charge on any atom is -0.467 e. The molecule has 1 atom stereocenters. The van der Waals surface area contributed by atoms with Crippen LogP contribution in [0, 0.1) is 5.92 Å². The Labute approximate surface area is 88.2 Å². The number of hydrogen-bond donors (Lipinski definition) is 0. The van der Waals surface area contributed by atoms with Gasteiger partial charge in [-0.2, -0.15) is 0 Å². The van der Waals surface area contributed by atoms with Gasteiger partial charge in [0.2, 0.25) is 0 Å². The highest BCUT2D eigenvalue weighted by Gasteiger charge is 2.23. The van der Waals surface area contributed by atoms with Gasteiger partial charge in [-0.15, -0.1) is 0 Å². The lowest BCUT2D eigenvalue weighted by atomic mass is 10.0. The van der Waals surface area contributed by atoms with Crippen molar-refractivity contribution in [2.45, 2.75) is 13.0 Å². The molecule has 0 N–H and O–H groups in total. The second-order valence-corrected chi connectivity index (χ2v) is 3.60. The maximum absolute atomic E-state index is 11.5. The Kier molecular flexibility index (Phi) is 3.53. The van der Waals surface area contributed by atoms with Crippen LogP contribution in [0.1, 0.15) is 12.2 Å². The van der Waals surface area contributed by atoms with E-state index >= 15 is 0 Å². The average molecular weight is 210 g/mol. The molecule has 15 heavy (non-hydrogen) atoms. The molecule has 1 aromatic rings. The third-order valence-corrected chi connectivity index (χ3v) is 2.45. The molecule has 1 aliphatic heterocycles. The minimum absolute atomic E-state index is 0.0293. The molecule has 0 aromatic carbocycles. The van der Waals surface area contributed by atoms with Crippen molar-refractivity contribution in [1.82, 2.24) is 0 Å². The highest BCUT2D eigenvalue weighted by molar-refractivity contribution is 5.82. The highest BCUT2D eigenvalue weighted by atomic mass is 16.5. The van der Waals surface area contributed by atoms with Crippen LogP contribution in [-0.4, -0.2) is 25.6 Å². The fraction of sp³-hybridized carbons (Fsp3) is 0.545. The lowest BCUT2D eigenvalue weighted by molar-refractivity contribution is -0.128. The Hall–Kier alpha value is -1.13. The Bertz CT molecular complexity index is 298. The number of ether oxygens (including phenoxy) is 2. The van der Waals surface area contributed by atoms with Crippen LogP contribution >= 0.6 is 0 Å². The quantitative estimate of drug-likeness (QED) is 0.737. The molecule has 1 aromatic heterocycles. The van der Waals surface area contributed by atoms with Crippen molar-refractivity contribution in [3.05, 3.63) is 24.2 Å². The van der Waals surface area contributed by atoms with E-state index < -0.39 is 0 Å². The molecule has 4 heteroatoms. The fourth-order valence-electron chi connectivity index (χ4n) is 1.55. The molecule has 0 bridgehead atoms. The van der Waals surface area contributed by atoms with E-state index in [0.717, 1.165) is 12.2 Å². The summed E-state index contributed by atoms with van der Waals surface area (Å²) in [6.45, 7) is 1.73. The number of furan rings is 1. The zero-order valence-electron chi connectivity index (χ0n) is 8.48. The molecular formula is C11H14O4. The van der Waals surface area contributed by atoms with Crippen LogP contribution < -0.4 is 0 Å². The van der Waals surface area contributed by atoms with E-state index in [1.165, 1.54) is 0 Å². The second kappa shape index (κ2) is 5.09. The predicted octanol–water partition coefficient (Wildman–Crippen LogP) is 1.40. The van der Waals surface area contributed by atoms with Crippen molar-refractivity contribution in [1.29, 1.82) is 0 Å². The number of rotatable bonds is 5. The summed E-state index contributed by atoms with van der Waals surface area (Å²) in [5.74, 6) is 0.895. The van der Waals surface area contributed by atoms with Gasteiger partial charge in [0.15, 0.2) is 5.78 Å². The highest BCUT2D eigenvalue weighted by Crippen LogP contribution is 2.13. The Morgan fingerprint density at radius 3 is 3.20 bits per heavy atom. The summed E-state index contributed by atoms with van der Waals surface area (Å²) in [7, 11) is 0. The van der Waals surface area contributed by atoms with E-state index in [-0.39, 0.29) is 18.3 Å². The van der Waals surface area contributed by atoms with Crippen LogP contribution in [0.2, 0.25) is 0 Å². The summed E-state index contributed by atoms with van der Waals surface area (Å²) in [5, 5.41) is 0. The number of carbonyl (C=O) groups excluding carboxylic acids is 1. The monoisotopic (exact) mass is 210 g/mol. The zero-order valence-corrected chi connectivity index (χ0v) is 8.48. The first-order valence-corrected chi connectivity index (χ1v) is 5.07. The van der Waals surface area contributed by atoms with Gasteiger partial charge in [0.1, 0.15) is 19.0 Å². The molecule has 0 amide bonds. The van der Waals surface area contributed by atoms with Gasteiger partial charge in [-0.05, 0) is 18.6 Å². The molecule has 1 aliphatic rings. The van der Waals surface area contributed by atoms with Gasteiger partial charge in [0.25, 0.3) is 0 Å². The van der Waals surface area contributed by atoms with Crippen molar-refractivity contribution < 1.29 is 18.7 Å². The number of Topliss-reactive ketones (excluding diaryl/α,β-unsaturated/α-hetero) is 1. The first-order chi connectivity index (χ1) is 7.36. The first-order valence-electron chi connectivity index (χ1n) is 5.07. The maximum atomic E-state index is 11.5. The normalized spacial score (nSPS) is 20.7. The molecule has 2 heterocycles. The smallest absolute Gasteiger partial charge is 0.163 e. The SMILES string of the molecule is O=C(COCc1ccco1)C1CCOC1. The van der Waals surface area contributed by atoms with E-state index in [1.807, 2.05) is 6.07 Å². The van der Waals surface area contributed by atoms with Crippen molar-refractivity contribution in [2.75, 3.05) is 19.8 Å². The molecule has 0 saturated carbocycles. The summed E-state index contributed by atoms with van der Waals surface area (Å²) in [6.07, 6.45) is 2.41. The van der Waals surface area contributed by atoms with E-state index in [1.54, 1.807) is 12.3 Å². The largest absolute Gasteiger partial charge is 0.467 e. The molecule has 4 nitrogen and oxygen atoms in total. The summed E-state index contributed by atoms with van der Waals surface area (Å²) in [5.41, 5.74) is 0. The van der Waals surface area contributed by atoms with Crippen molar-refractivity contribution in [3.63, 3.8) is 0 Å². The third-order valence-electron chi connectivity index (χ3n) is 2.45. The molecule has 82 valence electrons. The van der Waals surface area contributed by atoms with Crippen LogP contribution in [0.25, 0.3) is 0 Å². The summed E-state index contributed by atoms with van der Waals surface area (Å²) in [4.78, 5) is 11.5. The first kappa shape index (κ1) is 10.4. The van der Waals surface area contributed by atoms with Gasteiger partial charge < -0.3 is 13.9 Å². The molecule has 1 saturated heterocycles. The average Bonchev–Trinajstić information content (AvgIpc) is 2.90. The van der Waals surface area contributed by atoms with Crippen molar-refractivity contribution >= 4 is 5.78 Å². The van der Waals surface area contributed by atoms with Crippen LogP contribution in [0.5, 0.6) is 0 Å². The van der Waals surface area contributed by atoms with Crippen LogP contribution in [0.15, 0.2) is 22.8 Å². The summed E-state index contributed by atoms with van der Waals surface area (Å²) >= 11 is 0. The molecular weight excluding hydrogens is 196 g/mol. The molecule has 0 radical (unpaired) electrons. The van der Waals surface area contributed by atoms with Gasteiger partial charge >= 0.3 is 0 Å². The van der Waals surface area contributed by atoms with E-state index in [9.17, 15) is 4.79 Å². The number of carbonyl (C=O) groups is 1. The van der Waals surface area contributed by atoms with Crippen molar-refractivity contribution in [2.24, 2.45) is 5.92 Å². The van der Waals surface area contributed by atoms with E-state index in [4.69, 9.17) is 13.9 Å². The molecule has 0 spiro atoms. The van der Waals surface area contributed by atoms with Gasteiger partial charge in [-0.3, -0.25) is 4.79 Å². The Morgan fingerprint density at radius 1 is 1.60 bits per heavy atom. The van der Waals surface area contributed by atoms with Crippen molar-refractivity contribution in [3.8, 4) is 0 Å². The summed E-state index contributed by atoms with van der Waals surface area (Å²) < 4.78 is 15.5. The second-order valence-electron chi connectivity index (χ2n) is 3.60. The molecule has 1 unspecified atom stereocenters. The van der Waals surface area contributed by atoms with Gasteiger partial charge in [0, 0.05) is 12.5 Å². The molecule has 1 fully saturated rings. The standard InChI is InChI=1S/C11H14O4/c12-11(9-3-5-13-6-9)8-14-7-10-2-1-4-15-10/h1-2,4,9H,3,5-8H2. The van der Waals surface area contributed by atoms with Crippen LogP contribution in [-0.2, 0) is 20.9 Å². The van der Waals surface area contributed by atoms with Crippen LogP contribution in [0.4, 0.5) is 0 Å². The molecule has 0 aliphatic carbocycles. The van der Waals surface area contributed by atoms with E-state index in [2.05, 4.69) is 0 Å². The number of hydrogen-bond acceptors (Lipinski definition) is 4. The zero-order chi connectivity index (χ0) is 10.5. The fourth-order valence-corrected chi connectivity index (χ4v) is 1.55. The third kappa shape index (κ3) is 2.91. The number of ketones is 1. The minimum atomic E-state index is 0.0293. The van der Waals surface area contributed by atoms with Crippen LogP contribution in [0.3, 0.4) is 0 Å².